The van der Waals surface area contributed by atoms with Gasteiger partial charge in [0.25, 0.3) is 0 Å². The Kier molecular flexibility index (Phi) is 5.15. The van der Waals surface area contributed by atoms with E-state index >= 15 is 0 Å². The van der Waals surface area contributed by atoms with Crippen molar-refractivity contribution in [2.24, 2.45) is 0 Å². The summed E-state index contributed by atoms with van der Waals surface area (Å²) in [6, 6.07) is 14.4. The number of aryl methyl sites for hydroxylation is 1. The molecule has 25 heavy (non-hydrogen) atoms. The molecular weight excluding hydrogens is 356 g/mol. The lowest BCUT2D eigenvalue weighted by Crippen LogP contribution is -2.14. The first-order valence-corrected chi connectivity index (χ1v) is 10.4. The zero-order chi connectivity index (χ0) is 17.9. The highest BCUT2D eigenvalue weighted by Gasteiger charge is 2.15. The normalized spacial score (nSPS) is 11.6. The summed E-state index contributed by atoms with van der Waals surface area (Å²) in [5.74, 6) is -0.276. The molecule has 0 fully saturated rings. The molecule has 3 rings (SSSR count). The van der Waals surface area contributed by atoms with Crippen molar-refractivity contribution in [1.29, 1.82) is 0 Å². The average molecular weight is 374 g/mol. The predicted octanol–water partition coefficient (Wildman–Crippen LogP) is 3.80. The summed E-state index contributed by atoms with van der Waals surface area (Å²) >= 11 is 1.40. The molecule has 7 heteroatoms. The fraction of sp³-hybridized carbons (Fsp3) is 0.222. The highest BCUT2D eigenvalue weighted by molar-refractivity contribution is 7.91. The molecule has 1 amide bonds. The molecule has 1 heterocycles. The van der Waals surface area contributed by atoms with Crippen LogP contribution in [0.15, 0.2) is 53.4 Å². The summed E-state index contributed by atoms with van der Waals surface area (Å²) in [6.45, 7) is 1.91. The van der Waals surface area contributed by atoms with Crippen molar-refractivity contribution in [1.82, 2.24) is 4.98 Å². The largest absolute Gasteiger partial charge is 0.302 e. The molecule has 0 spiro atoms. The van der Waals surface area contributed by atoms with Crippen molar-refractivity contribution in [3.05, 3.63) is 54.1 Å². The number of rotatable bonds is 6. The number of sulfone groups is 1. The first-order chi connectivity index (χ1) is 11.9. The van der Waals surface area contributed by atoms with E-state index in [2.05, 4.69) is 10.3 Å². The molecule has 1 aromatic heterocycles. The SMILES string of the molecule is Cc1ccc(S(=O)(=O)CCCC(=O)Nc2nc3ccccc3s2)cc1. The first-order valence-electron chi connectivity index (χ1n) is 7.89. The Morgan fingerprint density at radius 2 is 1.84 bits per heavy atom. The summed E-state index contributed by atoms with van der Waals surface area (Å²) in [5.41, 5.74) is 1.85. The van der Waals surface area contributed by atoms with Crippen LogP contribution in [0.5, 0.6) is 0 Å². The molecule has 0 atom stereocenters. The van der Waals surface area contributed by atoms with Gasteiger partial charge in [0.1, 0.15) is 0 Å². The Labute approximate surface area is 150 Å². The first kappa shape index (κ1) is 17.6. The van der Waals surface area contributed by atoms with E-state index in [1.165, 1.54) is 11.3 Å². The number of hydrogen-bond acceptors (Lipinski definition) is 5. The molecule has 0 saturated heterocycles. The van der Waals surface area contributed by atoms with Crippen molar-refractivity contribution in [3.63, 3.8) is 0 Å². The third-order valence-corrected chi connectivity index (χ3v) is 6.51. The fourth-order valence-corrected chi connectivity index (χ4v) is 4.59. The van der Waals surface area contributed by atoms with Gasteiger partial charge in [-0.3, -0.25) is 4.79 Å². The number of nitrogens with one attached hydrogen (secondary N) is 1. The highest BCUT2D eigenvalue weighted by Crippen LogP contribution is 2.25. The van der Waals surface area contributed by atoms with Gasteiger partial charge in [-0.1, -0.05) is 41.2 Å². The molecule has 130 valence electrons. The van der Waals surface area contributed by atoms with Crippen LogP contribution in [-0.2, 0) is 14.6 Å². The second-order valence-corrected chi connectivity index (χ2v) is 8.91. The van der Waals surface area contributed by atoms with E-state index in [0.717, 1.165) is 15.8 Å². The third kappa shape index (κ3) is 4.43. The molecule has 5 nitrogen and oxygen atoms in total. The number of carbonyl (C=O) groups is 1. The summed E-state index contributed by atoms with van der Waals surface area (Å²) in [5, 5.41) is 3.27. The summed E-state index contributed by atoms with van der Waals surface area (Å²) in [6.07, 6.45) is 0.411. The van der Waals surface area contributed by atoms with Crippen LogP contribution in [0.1, 0.15) is 18.4 Å². The Morgan fingerprint density at radius 1 is 1.12 bits per heavy atom. The van der Waals surface area contributed by atoms with Gasteiger partial charge in [-0.25, -0.2) is 13.4 Å². The Hall–Kier alpha value is -2.25. The van der Waals surface area contributed by atoms with Gasteiger partial charge in [-0.15, -0.1) is 0 Å². The monoisotopic (exact) mass is 374 g/mol. The van der Waals surface area contributed by atoms with E-state index in [1.807, 2.05) is 31.2 Å². The predicted molar refractivity (Wildman–Crippen MR) is 101 cm³/mol. The number of carbonyl (C=O) groups excluding carboxylic acids is 1. The Morgan fingerprint density at radius 3 is 2.56 bits per heavy atom. The molecule has 2 aromatic carbocycles. The van der Waals surface area contributed by atoms with Crippen LogP contribution in [0, 0.1) is 6.92 Å². The maximum atomic E-state index is 12.3. The number of thiazole rings is 1. The minimum atomic E-state index is -3.36. The molecule has 0 radical (unpaired) electrons. The number of fused-ring (bicyclic) bond motifs is 1. The lowest BCUT2D eigenvalue weighted by atomic mass is 10.2. The lowest BCUT2D eigenvalue weighted by molar-refractivity contribution is -0.116. The number of para-hydroxylation sites is 1. The van der Waals surface area contributed by atoms with Crippen LogP contribution >= 0.6 is 11.3 Å². The van der Waals surface area contributed by atoms with E-state index in [9.17, 15) is 13.2 Å². The van der Waals surface area contributed by atoms with Crippen molar-refractivity contribution in [2.45, 2.75) is 24.7 Å². The average Bonchev–Trinajstić information content (AvgIpc) is 2.97. The smallest absolute Gasteiger partial charge is 0.226 e. The number of amides is 1. The lowest BCUT2D eigenvalue weighted by Gasteiger charge is -2.05. The van der Waals surface area contributed by atoms with Crippen LogP contribution in [0.25, 0.3) is 10.2 Å². The molecule has 1 N–H and O–H groups in total. The van der Waals surface area contributed by atoms with Crippen molar-refractivity contribution >= 4 is 42.4 Å². The Balaban J connectivity index is 1.54. The van der Waals surface area contributed by atoms with E-state index in [4.69, 9.17) is 0 Å². The van der Waals surface area contributed by atoms with Gasteiger partial charge in [-0.2, -0.15) is 0 Å². The van der Waals surface area contributed by atoms with Crippen LogP contribution in [-0.4, -0.2) is 25.1 Å². The number of hydrogen-bond donors (Lipinski definition) is 1. The molecule has 0 saturated carbocycles. The van der Waals surface area contributed by atoms with Gasteiger partial charge in [0.2, 0.25) is 5.91 Å². The molecular formula is C18H18N2O3S2. The number of aromatic nitrogens is 1. The Bertz CT molecular complexity index is 960. The molecule has 3 aromatic rings. The second kappa shape index (κ2) is 7.33. The molecule has 0 bridgehead atoms. The highest BCUT2D eigenvalue weighted by atomic mass is 32.2. The van der Waals surface area contributed by atoms with E-state index in [0.29, 0.717) is 10.0 Å². The van der Waals surface area contributed by atoms with Crippen molar-refractivity contribution in [2.75, 3.05) is 11.1 Å². The summed E-state index contributed by atoms with van der Waals surface area (Å²) < 4.78 is 25.5. The molecule has 0 aliphatic heterocycles. The van der Waals surface area contributed by atoms with Crippen molar-refractivity contribution in [3.8, 4) is 0 Å². The van der Waals surface area contributed by atoms with Gasteiger partial charge >= 0.3 is 0 Å². The number of nitrogens with zero attached hydrogens (tertiary/aromatic N) is 1. The van der Waals surface area contributed by atoms with Gasteiger partial charge < -0.3 is 5.32 Å². The minimum Gasteiger partial charge on any atom is -0.302 e. The summed E-state index contributed by atoms with van der Waals surface area (Å²) in [4.78, 5) is 16.6. The van der Waals surface area contributed by atoms with E-state index in [-0.39, 0.29) is 24.5 Å². The maximum absolute atomic E-state index is 12.3. The molecule has 0 aliphatic carbocycles. The van der Waals surface area contributed by atoms with Gasteiger partial charge in [0.05, 0.1) is 20.9 Å². The summed E-state index contributed by atoms with van der Waals surface area (Å²) in [7, 11) is -3.36. The third-order valence-electron chi connectivity index (χ3n) is 3.74. The van der Waals surface area contributed by atoms with Crippen LogP contribution in [0.4, 0.5) is 5.13 Å². The molecule has 0 aliphatic rings. The zero-order valence-corrected chi connectivity index (χ0v) is 15.4. The zero-order valence-electron chi connectivity index (χ0n) is 13.7. The fourth-order valence-electron chi connectivity index (χ4n) is 2.39. The van der Waals surface area contributed by atoms with Gasteiger partial charge in [0, 0.05) is 6.42 Å². The second-order valence-electron chi connectivity index (χ2n) is 5.77. The minimum absolute atomic E-state index is 0.0523. The van der Waals surface area contributed by atoms with Crippen molar-refractivity contribution < 1.29 is 13.2 Å². The van der Waals surface area contributed by atoms with Gasteiger partial charge in [0.15, 0.2) is 15.0 Å². The number of anilines is 1. The van der Waals surface area contributed by atoms with Crippen LogP contribution < -0.4 is 5.32 Å². The molecule has 0 unspecified atom stereocenters. The standard InChI is InChI=1S/C18H18N2O3S2/c1-13-8-10-14(11-9-13)25(22,23)12-4-7-17(21)20-18-19-15-5-2-3-6-16(15)24-18/h2-3,5-6,8-11H,4,7,12H2,1H3,(H,19,20,21). The quantitative estimate of drug-likeness (QED) is 0.712. The number of benzene rings is 2. The van der Waals surface area contributed by atoms with E-state index < -0.39 is 9.84 Å². The van der Waals surface area contributed by atoms with Crippen LogP contribution in [0.2, 0.25) is 0 Å². The van der Waals surface area contributed by atoms with E-state index in [1.54, 1.807) is 24.3 Å². The maximum Gasteiger partial charge on any atom is 0.226 e. The van der Waals surface area contributed by atoms with Crippen LogP contribution in [0.3, 0.4) is 0 Å². The topological polar surface area (TPSA) is 76.1 Å². The van der Waals surface area contributed by atoms with Gasteiger partial charge in [-0.05, 0) is 37.6 Å².